The standard InChI is InChI=1S/C8H8ClNO2S/c1-11-6-2-5(9)3-7(4-6)12-8(10)13/h2-4H,1H3,(H2,10,13). The summed E-state index contributed by atoms with van der Waals surface area (Å²) < 4.78 is 9.95. The van der Waals surface area contributed by atoms with E-state index in [0.29, 0.717) is 16.5 Å². The fourth-order valence-electron chi connectivity index (χ4n) is 0.830. The number of benzene rings is 1. The molecule has 0 amide bonds. The fourth-order valence-corrected chi connectivity index (χ4v) is 1.14. The molecule has 5 heteroatoms. The summed E-state index contributed by atoms with van der Waals surface area (Å²) in [6, 6.07) is 4.91. The second-order valence-corrected chi connectivity index (χ2v) is 3.09. The van der Waals surface area contributed by atoms with E-state index in [4.69, 9.17) is 26.8 Å². The molecular formula is C8H8ClNO2S. The van der Waals surface area contributed by atoms with Gasteiger partial charge in [0.15, 0.2) is 0 Å². The Kier molecular flexibility index (Phi) is 3.33. The monoisotopic (exact) mass is 217 g/mol. The van der Waals surface area contributed by atoms with E-state index in [1.807, 2.05) is 0 Å². The molecule has 0 saturated carbocycles. The van der Waals surface area contributed by atoms with Crippen LogP contribution in [0.5, 0.6) is 11.5 Å². The van der Waals surface area contributed by atoms with Gasteiger partial charge >= 0.3 is 0 Å². The quantitative estimate of drug-likeness (QED) is 0.770. The third-order valence-corrected chi connectivity index (χ3v) is 1.60. The van der Waals surface area contributed by atoms with E-state index in [1.165, 1.54) is 7.11 Å². The van der Waals surface area contributed by atoms with Gasteiger partial charge in [-0.25, -0.2) is 0 Å². The Balaban J connectivity index is 2.94. The van der Waals surface area contributed by atoms with Crippen LogP contribution in [0.1, 0.15) is 0 Å². The summed E-state index contributed by atoms with van der Waals surface area (Å²) in [7, 11) is 1.54. The highest BCUT2D eigenvalue weighted by atomic mass is 35.5. The highest BCUT2D eigenvalue weighted by molar-refractivity contribution is 7.80. The van der Waals surface area contributed by atoms with Crippen LogP contribution in [0.2, 0.25) is 5.02 Å². The summed E-state index contributed by atoms with van der Waals surface area (Å²) in [5.41, 5.74) is 5.19. The van der Waals surface area contributed by atoms with E-state index in [-0.39, 0.29) is 5.17 Å². The molecule has 0 radical (unpaired) electrons. The van der Waals surface area contributed by atoms with E-state index < -0.39 is 0 Å². The van der Waals surface area contributed by atoms with Crippen LogP contribution >= 0.6 is 23.8 Å². The maximum atomic E-state index is 5.77. The van der Waals surface area contributed by atoms with Crippen molar-refractivity contribution in [2.75, 3.05) is 7.11 Å². The SMILES string of the molecule is COc1cc(Cl)cc(OC(N)=S)c1. The van der Waals surface area contributed by atoms with Crippen molar-refractivity contribution in [3.05, 3.63) is 23.2 Å². The van der Waals surface area contributed by atoms with Gasteiger partial charge < -0.3 is 15.2 Å². The van der Waals surface area contributed by atoms with Crippen molar-refractivity contribution in [1.82, 2.24) is 0 Å². The first-order chi connectivity index (χ1) is 6.11. The van der Waals surface area contributed by atoms with Gasteiger partial charge in [-0.05, 0) is 24.4 Å². The van der Waals surface area contributed by atoms with Crippen LogP contribution in [0.3, 0.4) is 0 Å². The Bertz CT molecular complexity index is 330. The van der Waals surface area contributed by atoms with Crippen LogP contribution in [0.25, 0.3) is 0 Å². The molecule has 0 heterocycles. The molecule has 1 aromatic carbocycles. The molecule has 0 unspecified atom stereocenters. The van der Waals surface area contributed by atoms with Crippen molar-refractivity contribution in [3.63, 3.8) is 0 Å². The molecular weight excluding hydrogens is 210 g/mol. The van der Waals surface area contributed by atoms with Crippen molar-refractivity contribution >= 4 is 29.0 Å². The summed E-state index contributed by atoms with van der Waals surface area (Å²) >= 11 is 10.3. The van der Waals surface area contributed by atoms with Gasteiger partial charge in [0, 0.05) is 11.1 Å². The zero-order valence-electron chi connectivity index (χ0n) is 6.91. The first-order valence-electron chi connectivity index (χ1n) is 3.43. The Morgan fingerprint density at radius 2 is 2.00 bits per heavy atom. The molecule has 0 bridgehead atoms. The van der Waals surface area contributed by atoms with Crippen molar-refractivity contribution < 1.29 is 9.47 Å². The molecule has 70 valence electrons. The minimum atomic E-state index is -0.0516. The molecule has 2 N–H and O–H groups in total. The Morgan fingerprint density at radius 3 is 2.54 bits per heavy atom. The lowest BCUT2D eigenvalue weighted by Crippen LogP contribution is -2.15. The number of ether oxygens (including phenoxy) is 2. The van der Waals surface area contributed by atoms with Crippen LogP contribution in [0.4, 0.5) is 0 Å². The molecule has 0 aliphatic carbocycles. The zero-order chi connectivity index (χ0) is 9.84. The topological polar surface area (TPSA) is 44.5 Å². The molecule has 0 fully saturated rings. The number of halogens is 1. The molecule has 13 heavy (non-hydrogen) atoms. The zero-order valence-corrected chi connectivity index (χ0v) is 8.48. The summed E-state index contributed by atoms with van der Waals surface area (Å²) in [5.74, 6) is 1.07. The Hall–Kier alpha value is -1.00. The van der Waals surface area contributed by atoms with E-state index in [1.54, 1.807) is 18.2 Å². The third-order valence-electron chi connectivity index (χ3n) is 1.30. The molecule has 0 aliphatic rings. The van der Waals surface area contributed by atoms with Gasteiger partial charge in [0.25, 0.3) is 5.17 Å². The fraction of sp³-hybridized carbons (Fsp3) is 0.125. The van der Waals surface area contributed by atoms with Gasteiger partial charge in [0.05, 0.1) is 7.11 Å². The third kappa shape index (κ3) is 3.08. The van der Waals surface area contributed by atoms with Gasteiger partial charge in [0.1, 0.15) is 11.5 Å². The number of rotatable bonds is 2. The van der Waals surface area contributed by atoms with E-state index in [2.05, 4.69) is 12.2 Å². The molecule has 3 nitrogen and oxygen atoms in total. The maximum absolute atomic E-state index is 5.77. The van der Waals surface area contributed by atoms with Crippen LogP contribution in [0, 0.1) is 0 Å². The van der Waals surface area contributed by atoms with Crippen molar-refractivity contribution in [2.45, 2.75) is 0 Å². The van der Waals surface area contributed by atoms with Gasteiger partial charge in [-0.3, -0.25) is 0 Å². The molecule has 0 saturated heterocycles. The number of hydrogen-bond acceptors (Lipinski definition) is 3. The minimum Gasteiger partial charge on any atom is -0.497 e. The second-order valence-electron chi connectivity index (χ2n) is 2.25. The molecule has 1 aromatic rings. The normalized spacial score (nSPS) is 9.38. The summed E-state index contributed by atoms with van der Waals surface area (Å²) in [5, 5.41) is 0.454. The lowest BCUT2D eigenvalue weighted by atomic mass is 10.3. The van der Waals surface area contributed by atoms with Crippen molar-refractivity contribution in [2.24, 2.45) is 5.73 Å². The molecule has 0 aromatic heterocycles. The highest BCUT2D eigenvalue weighted by Gasteiger charge is 2.01. The predicted molar refractivity (Wildman–Crippen MR) is 55.4 cm³/mol. The first-order valence-corrected chi connectivity index (χ1v) is 4.22. The largest absolute Gasteiger partial charge is 0.497 e. The lowest BCUT2D eigenvalue weighted by molar-refractivity contribution is 0.412. The molecule has 0 atom stereocenters. The number of hydrogen-bond donors (Lipinski definition) is 1. The van der Waals surface area contributed by atoms with Crippen LogP contribution in [-0.2, 0) is 0 Å². The van der Waals surface area contributed by atoms with Crippen LogP contribution in [0.15, 0.2) is 18.2 Å². The Morgan fingerprint density at radius 1 is 1.38 bits per heavy atom. The highest BCUT2D eigenvalue weighted by Crippen LogP contribution is 2.25. The van der Waals surface area contributed by atoms with E-state index in [0.717, 1.165) is 0 Å². The van der Waals surface area contributed by atoms with Crippen LogP contribution < -0.4 is 15.2 Å². The second kappa shape index (κ2) is 4.30. The van der Waals surface area contributed by atoms with Crippen LogP contribution in [-0.4, -0.2) is 12.3 Å². The van der Waals surface area contributed by atoms with E-state index in [9.17, 15) is 0 Å². The number of thiocarbonyl (C=S) groups is 1. The van der Waals surface area contributed by atoms with Gasteiger partial charge in [-0.2, -0.15) is 0 Å². The number of methoxy groups -OCH3 is 1. The smallest absolute Gasteiger partial charge is 0.259 e. The van der Waals surface area contributed by atoms with E-state index >= 15 is 0 Å². The number of nitrogens with two attached hydrogens (primary N) is 1. The summed E-state index contributed by atoms with van der Waals surface area (Å²) in [4.78, 5) is 0. The molecule has 0 aliphatic heterocycles. The summed E-state index contributed by atoms with van der Waals surface area (Å²) in [6.07, 6.45) is 0. The van der Waals surface area contributed by atoms with Crippen molar-refractivity contribution in [1.29, 1.82) is 0 Å². The first kappa shape index (κ1) is 10.1. The maximum Gasteiger partial charge on any atom is 0.259 e. The van der Waals surface area contributed by atoms with Crippen molar-refractivity contribution in [3.8, 4) is 11.5 Å². The Labute approximate surface area is 86.4 Å². The van der Waals surface area contributed by atoms with Gasteiger partial charge in [0.2, 0.25) is 0 Å². The summed E-state index contributed by atoms with van der Waals surface area (Å²) in [6.45, 7) is 0. The average molecular weight is 218 g/mol. The lowest BCUT2D eigenvalue weighted by Gasteiger charge is -2.05. The van der Waals surface area contributed by atoms with Gasteiger partial charge in [-0.1, -0.05) is 11.6 Å². The minimum absolute atomic E-state index is 0.0516. The molecule has 0 spiro atoms. The van der Waals surface area contributed by atoms with Gasteiger partial charge in [-0.15, -0.1) is 0 Å². The average Bonchev–Trinajstić information content (AvgIpc) is 2.01. The molecule has 1 rings (SSSR count). The predicted octanol–water partition coefficient (Wildman–Crippen LogP) is 1.97.